The number of amides is 1. The number of hydrogen-bond acceptors (Lipinski definition) is 4. The van der Waals surface area contributed by atoms with E-state index in [2.05, 4.69) is 30.7 Å². The van der Waals surface area contributed by atoms with Crippen molar-refractivity contribution in [3.8, 4) is 0 Å². The van der Waals surface area contributed by atoms with Gasteiger partial charge in [0, 0.05) is 23.5 Å². The summed E-state index contributed by atoms with van der Waals surface area (Å²) in [6, 6.07) is 3.88. The van der Waals surface area contributed by atoms with E-state index in [-0.39, 0.29) is 11.3 Å². The Morgan fingerprint density at radius 2 is 2.23 bits per heavy atom. The van der Waals surface area contributed by atoms with Gasteiger partial charge in [-0.15, -0.1) is 11.3 Å². The molecule has 0 aromatic carbocycles. The first-order chi connectivity index (χ1) is 10.4. The zero-order chi connectivity index (χ0) is 15.7. The van der Waals surface area contributed by atoms with Crippen molar-refractivity contribution >= 4 is 22.9 Å². The van der Waals surface area contributed by atoms with Gasteiger partial charge in [0.05, 0.1) is 28.5 Å². The van der Waals surface area contributed by atoms with Gasteiger partial charge in [-0.05, 0) is 25.0 Å². The lowest BCUT2D eigenvalue weighted by atomic mass is 9.98. The van der Waals surface area contributed by atoms with Gasteiger partial charge in [-0.3, -0.25) is 9.78 Å². The molecule has 22 heavy (non-hydrogen) atoms. The van der Waals surface area contributed by atoms with E-state index >= 15 is 0 Å². The molecule has 0 N–H and O–H groups in total. The molecule has 1 amide bonds. The number of pyridine rings is 1. The van der Waals surface area contributed by atoms with E-state index in [0.29, 0.717) is 6.42 Å². The molecule has 4 nitrogen and oxygen atoms in total. The first-order valence-corrected chi connectivity index (χ1v) is 8.52. The van der Waals surface area contributed by atoms with Crippen LogP contribution in [-0.2, 0) is 23.1 Å². The van der Waals surface area contributed by atoms with Crippen molar-refractivity contribution in [3.63, 3.8) is 0 Å². The minimum atomic E-state index is 0.0353. The summed E-state index contributed by atoms with van der Waals surface area (Å²) in [7, 11) is 0. The molecular formula is C17H21N3OS. The van der Waals surface area contributed by atoms with E-state index in [1.165, 1.54) is 0 Å². The molecule has 3 rings (SSSR count). The Kier molecular flexibility index (Phi) is 4.00. The quantitative estimate of drug-likeness (QED) is 0.853. The van der Waals surface area contributed by atoms with Crippen molar-refractivity contribution in [3.05, 3.63) is 40.1 Å². The third-order valence-corrected chi connectivity index (χ3v) is 5.10. The molecule has 2 aromatic heterocycles. The molecule has 3 heterocycles. The van der Waals surface area contributed by atoms with Gasteiger partial charge in [-0.2, -0.15) is 0 Å². The van der Waals surface area contributed by atoms with Crippen LogP contribution in [-0.4, -0.2) is 22.4 Å². The van der Waals surface area contributed by atoms with Crippen LogP contribution in [0, 0.1) is 0 Å². The molecule has 0 saturated carbocycles. The van der Waals surface area contributed by atoms with Crippen molar-refractivity contribution in [2.75, 3.05) is 11.4 Å². The van der Waals surface area contributed by atoms with E-state index in [0.717, 1.165) is 41.5 Å². The first kappa shape index (κ1) is 15.2. The average Bonchev–Trinajstić information content (AvgIpc) is 2.95. The molecule has 0 atom stereocenters. The zero-order valence-corrected chi connectivity index (χ0v) is 14.1. The van der Waals surface area contributed by atoms with Crippen LogP contribution in [0.25, 0.3) is 0 Å². The Balaban J connectivity index is 1.77. The topological polar surface area (TPSA) is 46.1 Å². The highest BCUT2D eigenvalue weighted by Gasteiger charge is 2.24. The average molecular weight is 315 g/mol. The third-order valence-electron chi connectivity index (χ3n) is 3.78. The summed E-state index contributed by atoms with van der Waals surface area (Å²) in [5, 5.41) is 3.09. The Hall–Kier alpha value is -1.75. The number of fused-ring (bicyclic) bond motifs is 1. The van der Waals surface area contributed by atoms with E-state index in [9.17, 15) is 4.79 Å². The number of anilines is 1. The number of aromatic nitrogens is 2. The molecule has 0 fully saturated rings. The molecule has 5 heteroatoms. The van der Waals surface area contributed by atoms with Crippen LogP contribution in [0.15, 0.2) is 23.7 Å². The van der Waals surface area contributed by atoms with E-state index in [1.807, 2.05) is 22.4 Å². The smallest absolute Gasteiger partial charge is 0.233 e. The van der Waals surface area contributed by atoms with Crippen molar-refractivity contribution in [1.82, 2.24) is 9.97 Å². The molecule has 0 bridgehead atoms. The van der Waals surface area contributed by atoms with Crippen LogP contribution in [0.2, 0.25) is 0 Å². The number of aryl methyl sites for hydroxylation is 1. The summed E-state index contributed by atoms with van der Waals surface area (Å²) < 4.78 is 0. The maximum absolute atomic E-state index is 12.7. The molecule has 0 radical (unpaired) electrons. The van der Waals surface area contributed by atoms with Gasteiger partial charge >= 0.3 is 0 Å². The first-order valence-electron chi connectivity index (χ1n) is 7.64. The molecular weight excluding hydrogens is 294 g/mol. The van der Waals surface area contributed by atoms with Crippen molar-refractivity contribution in [2.24, 2.45) is 0 Å². The summed E-state index contributed by atoms with van der Waals surface area (Å²) in [5.74, 6) is 0.111. The van der Waals surface area contributed by atoms with Gasteiger partial charge in [-0.1, -0.05) is 20.8 Å². The second-order valence-electron chi connectivity index (χ2n) is 6.69. The lowest BCUT2D eigenvalue weighted by Crippen LogP contribution is -2.36. The summed E-state index contributed by atoms with van der Waals surface area (Å²) in [6.07, 6.45) is 4.08. The Bertz CT molecular complexity index is 687. The minimum Gasteiger partial charge on any atom is -0.310 e. The lowest BCUT2D eigenvalue weighted by molar-refractivity contribution is -0.118. The second kappa shape index (κ2) is 5.80. The Morgan fingerprint density at radius 1 is 1.41 bits per heavy atom. The Labute approximate surface area is 135 Å². The monoisotopic (exact) mass is 315 g/mol. The predicted molar refractivity (Wildman–Crippen MR) is 89.4 cm³/mol. The fourth-order valence-electron chi connectivity index (χ4n) is 2.64. The summed E-state index contributed by atoms with van der Waals surface area (Å²) in [5.41, 5.74) is 2.89. The molecule has 0 spiro atoms. The number of carbonyl (C=O) groups excluding carboxylic acids is 1. The van der Waals surface area contributed by atoms with Crippen LogP contribution in [0.1, 0.15) is 43.6 Å². The van der Waals surface area contributed by atoms with Crippen LogP contribution in [0.4, 0.5) is 5.69 Å². The van der Waals surface area contributed by atoms with E-state index < -0.39 is 0 Å². The highest BCUT2D eigenvalue weighted by molar-refractivity contribution is 7.09. The molecule has 1 aliphatic heterocycles. The molecule has 0 aliphatic carbocycles. The number of carbonyl (C=O) groups is 1. The van der Waals surface area contributed by atoms with Crippen LogP contribution in [0.5, 0.6) is 0 Å². The number of hydrogen-bond donors (Lipinski definition) is 0. The standard InChI is InChI=1S/C17H21N3OS/c1-17(2,3)16-19-12(11-22-16)10-15(21)20-9-5-6-13-14(20)7-4-8-18-13/h4,7-8,11H,5-6,9-10H2,1-3H3. The third kappa shape index (κ3) is 3.04. The maximum atomic E-state index is 12.7. The van der Waals surface area contributed by atoms with Crippen LogP contribution in [0.3, 0.4) is 0 Å². The highest BCUT2D eigenvalue weighted by Crippen LogP contribution is 2.28. The van der Waals surface area contributed by atoms with Gasteiger partial charge in [0.2, 0.25) is 5.91 Å². The van der Waals surface area contributed by atoms with Crippen molar-refractivity contribution in [2.45, 2.75) is 45.4 Å². The highest BCUT2D eigenvalue weighted by atomic mass is 32.1. The maximum Gasteiger partial charge on any atom is 0.233 e. The molecule has 0 unspecified atom stereocenters. The molecule has 1 aliphatic rings. The zero-order valence-electron chi connectivity index (χ0n) is 13.3. The van der Waals surface area contributed by atoms with Crippen molar-refractivity contribution in [1.29, 1.82) is 0 Å². The van der Waals surface area contributed by atoms with Gasteiger partial charge < -0.3 is 4.90 Å². The number of thiazole rings is 1. The summed E-state index contributed by atoms with van der Waals surface area (Å²) in [6.45, 7) is 7.20. The normalized spacial score (nSPS) is 14.8. The second-order valence-corrected chi connectivity index (χ2v) is 7.55. The molecule has 0 saturated heterocycles. The minimum absolute atomic E-state index is 0.0353. The lowest BCUT2D eigenvalue weighted by Gasteiger charge is -2.28. The predicted octanol–water partition coefficient (Wildman–Crippen LogP) is 3.36. The Morgan fingerprint density at radius 3 is 2.95 bits per heavy atom. The number of rotatable bonds is 2. The largest absolute Gasteiger partial charge is 0.310 e. The van der Waals surface area contributed by atoms with E-state index in [4.69, 9.17) is 0 Å². The van der Waals surface area contributed by atoms with Crippen molar-refractivity contribution < 1.29 is 4.79 Å². The number of nitrogens with zero attached hydrogens (tertiary/aromatic N) is 3. The fraction of sp³-hybridized carbons (Fsp3) is 0.471. The van der Waals surface area contributed by atoms with Gasteiger partial charge in [-0.25, -0.2) is 4.98 Å². The van der Waals surface area contributed by atoms with Crippen LogP contribution < -0.4 is 4.90 Å². The molecule has 116 valence electrons. The van der Waals surface area contributed by atoms with E-state index in [1.54, 1.807) is 17.5 Å². The fourth-order valence-corrected chi connectivity index (χ4v) is 3.54. The SMILES string of the molecule is CC(C)(C)c1nc(CC(=O)N2CCCc3ncccc32)cs1. The van der Waals surface area contributed by atoms with Gasteiger partial charge in [0.1, 0.15) is 0 Å². The van der Waals surface area contributed by atoms with Gasteiger partial charge in [0.15, 0.2) is 0 Å². The molecule has 2 aromatic rings. The summed E-state index contributed by atoms with van der Waals surface area (Å²) >= 11 is 1.64. The van der Waals surface area contributed by atoms with Gasteiger partial charge in [0.25, 0.3) is 0 Å². The summed E-state index contributed by atoms with van der Waals surface area (Å²) in [4.78, 5) is 23.5. The van der Waals surface area contributed by atoms with Crippen LogP contribution >= 0.6 is 11.3 Å².